The predicted molar refractivity (Wildman–Crippen MR) is 128 cm³/mol. The molecule has 2 aromatic carbocycles. The first-order valence-electron chi connectivity index (χ1n) is 11.8. The Hall–Kier alpha value is -3.23. The number of ether oxygens (including phenoxy) is 1. The van der Waals surface area contributed by atoms with Gasteiger partial charge in [0.2, 0.25) is 5.91 Å². The molecule has 8 heteroatoms. The molecule has 0 spiro atoms. The molecule has 178 valence electrons. The molecule has 0 unspecified atom stereocenters. The van der Waals surface area contributed by atoms with Gasteiger partial charge in [0.25, 0.3) is 5.91 Å². The van der Waals surface area contributed by atoms with Gasteiger partial charge < -0.3 is 19.9 Å². The maximum absolute atomic E-state index is 14.4. The number of rotatable bonds is 8. The number of hydrogen-bond donors (Lipinski definition) is 2. The zero-order chi connectivity index (χ0) is 23.5. The third kappa shape index (κ3) is 5.13. The van der Waals surface area contributed by atoms with E-state index < -0.39 is 0 Å². The summed E-state index contributed by atoms with van der Waals surface area (Å²) in [6.45, 7) is 4.64. The lowest BCUT2D eigenvalue weighted by molar-refractivity contribution is -0.117. The molecule has 2 N–H and O–H groups in total. The van der Waals surface area contributed by atoms with Gasteiger partial charge in [0, 0.05) is 54.3 Å². The minimum absolute atomic E-state index is 0.0335. The Morgan fingerprint density at radius 1 is 1.06 bits per heavy atom. The Labute approximate surface area is 197 Å². The predicted octanol–water partition coefficient (Wildman–Crippen LogP) is 3.24. The first-order chi connectivity index (χ1) is 16.6. The van der Waals surface area contributed by atoms with Crippen molar-refractivity contribution < 1.29 is 18.7 Å². The fourth-order valence-electron chi connectivity index (χ4n) is 4.34. The number of anilines is 1. The highest BCUT2D eigenvalue weighted by Gasteiger charge is 2.29. The number of carbonyl (C=O) groups excluding carboxylic acids is 2. The van der Waals surface area contributed by atoms with Crippen LogP contribution in [0.1, 0.15) is 28.9 Å². The quantitative estimate of drug-likeness (QED) is 0.537. The molecule has 1 saturated heterocycles. The fourth-order valence-corrected chi connectivity index (χ4v) is 4.34. The molecule has 1 saturated carbocycles. The van der Waals surface area contributed by atoms with Crippen LogP contribution in [0.5, 0.6) is 0 Å². The van der Waals surface area contributed by atoms with Crippen LogP contribution in [0.3, 0.4) is 0 Å². The number of nitrogens with zero attached hydrogens (tertiary/aromatic N) is 2. The molecule has 0 atom stereocenters. The van der Waals surface area contributed by atoms with Crippen molar-refractivity contribution in [3.63, 3.8) is 0 Å². The van der Waals surface area contributed by atoms with Crippen molar-refractivity contribution in [2.24, 2.45) is 5.92 Å². The van der Waals surface area contributed by atoms with E-state index in [4.69, 9.17) is 4.74 Å². The Bertz CT molecular complexity index is 1200. The summed E-state index contributed by atoms with van der Waals surface area (Å²) in [5.74, 6) is -0.374. The summed E-state index contributed by atoms with van der Waals surface area (Å²) in [6, 6.07) is 14.0. The van der Waals surface area contributed by atoms with Gasteiger partial charge in [-0.05, 0) is 43.2 Å². The molecule has 1 aliphatic heterocycles. The molecule has 2 heterocycles. The molecule has 2 aliphatic rings. The van der Waals surface area contributed by atoms with Gasteiger partial charge in [-0.25, -0.2) is 4.39 Å². The van der Waals surface area contributed by atoms with Crippen LogP contribution in [0.2, 0.25) is 0 Å². The van der Waals surface area contributed by atoms with Crippen molar-refractivity contribution in [3.05, 3.63) is 65.6 Å². The molecule has 2 fully saturated rings. The minimum Gasteiger partial charge on any atom is -0.379 e. The first-order valence-corrected chi connectivity index (χ1v) is 11.8. The van der Waals surface area contributed by atoms with Crippen molar-refractivity contribution in [1.82, 2.24) is 14.8 Å². The molecule has 3 aromatic rings. The number of amides is 2. The van der Waals surface area contributed by atoms with E-state index in [-0.39, 0.29) is 30.1 Å². The number of fused-ring (bicyclic) bond motifs is 1. The van der Waals surface area contributed by atoms with Gasteiger partial charge in [0.1, 0.15) is 11.5 Å². The van der Waals surface area contributed by atoms with E-state index in [0.717, 1.165) is 43.4 Å². The second-order valence-corrected chi connectivity index (χ2v) is 8.95. The van der Waals surface area contributed by atoms with Crippen LogP contribution in [-0.4, -0.2) is 60.7 Å². The number of benzene rings is 2. The summed E-state index contributed by atoms with van der Waals surface area (Å²) in [5, 5.41) is 6.79. The molecule has 5 rings (SSSR count). The van der Waals surface area contributed by atoms with Crippen LogP contribution >= 0.6 is 0 Å². The topological polar surface area (TPSA) is 75.6 Å². The van der Waals surface area contributed by atoms with Crippen LogP contribution in [-0.2, 0) is 16.1 Å². The highest BCUT2D eigenvalue weighted by Crippen LogP contribution is 2.31. The Balaban J connectivity index is 1.39. The number of halogens is 1. The standard InChI is InChI=1S/C26H29FN4O3/c27-22-4-2-1-3-19(22)17-31-23-8-7-21(29-25(32)18-5-6-18)15-20(23)16-24(31)26(33)28-9-10-30-11-13-34-14-12-30/h1-4,7-8,15-16,18H,5-6,9-14,17H2,(H,28,33)(H,29,32). The third-order valence-electron chi connectivity index (χ3n) is 6.45. The van der Waals surface area contributed by atoms with Gasteiger partial charge in [0.05, 0.1) is 19.8 Å². The van der Waals surface area contributed by atoms with Crippen molar-refractivity contribution >= 4 is 28.4 Å². The van der Waals surface area contributed by atoms with Crippen LogP contribution in [0.4, 0.5) is 10.1 Å². The summed E-state index contributed by atoms with van der Waals surface area (Å²) < 4.78 is 21.6. The summed E-state index contributed by atoms with van der Waals surface area (Å²) in [4.78, 5) is 27.6. The molecular formula is C26H29FN4O3. The van der Waals surface area contributed by atoms with Crippen LogP contribution in [0, 0.1) is 11.7 Å². The smallest absolute Gasteiger partial charge is 0.267 e. The summed E-state index contributed by atoms with van der Waals surface area (Å²) in [6.07, 6.45) is 1.86. The molecule has 0 bridgehead atoms. The van der Waals surface area contributed by atoms with Gasteiger partial charge in [-0.3, -0.25) is 14.5 Å². The monoisotopic (exact) mass is 464 g/mol. The number of aromatic nitrogens is 1. The van der Waals surface area contributed by atoms with E-state index in [1.807, 2.05) is 28.8 Å². The summed E-state index contributed by atoms with van der Waals surface area (Å²) in [7, 11) is 0. The first kappa shape index (κ1) is 22.6. The number of morpholine rings is 1. The second-order valence-electron chi connectivity index (χ2n) is 8.95. The van der Waals surface area contributed by atoms with E-state index in [1.165, 1.54) is 6.07 Å². The van der Waals surface area contributed by atoms with Crippen molar-refractivity contribution in [3.8, 4) is 0 Å². The molecule has 1 aliphatic carbocycles. The van der Waals surface area contributed by atoms with Crippen LogP contribution < -0.4 is 10.6 Å². The lowest BCUT2D eigenvalue weighted by Gasteiger charge is -2.26. The second kappa shape index (κ2) is 9.95. The zero-order valence-electron chi connectivity index (χ0n) is 19.1. The maximum atomic E-state index is 14.4. The molecule has 7 nitrogen and oxygen atoms in total. The third-order valence-corrected chi connectivity index (χ3v) is 6.45. The SMILES string of the molecule is O=C(NCCN1CCOCC1)c1cc2cc(NC(=O)C3CC3)ccc2n1Cc1ccccc1F. The minimum atomic E-state index is -0.309. The summed E-state index contributed by atoms with van der Waals surface area (Å²) in [5.41, 5.74) is 2.48. The number of carbonyl (C=O) groups is 2. The lowest BCUT2D eigenvalue weighted by atomic mass is 10.2. The normalized spacial score (nSPS) is 16.5. The van der Waals surface area contributed by atoms with Gasteiger partial charge in [-0.1, -0.05) is 18.2 Å². The van der Waals surface area contributed by atoms with Crippen LogP contribution in [0.25, 0.3) is 10.9 Å². The van der Waals surface area contributed by atoms with Gasteiger partial charge in [-0.2, -0.15) is 0 Å². The average Bonchev–Trinajstić information content (AvgIpc) is 3.64. The van der Waals surface area contributed by atoms with Crippen molar-refractivity contribution in [2.45, 2.75) is 19.4 Å². The molecule has 2 amide bonds. The number of nitrogens with one attached hydrogen (secondary N) is 2. The Kier molecular flexibility index (Phi) is 6.60. The Morgan fingerprint density at radius 3 is 2.62 bits per heavy atom. The van der Waals surface area contributed by atoms with Crippen LogP contribution in [0.15, 0.2) is 48.5 Å². The fraction of sp³-hybridized carbons (Fsp3) is 0.385. The van der Waals surface area contributed by atoms with E-state index in [9.17, 15) is 14.0 Å². The molecule has 1 aromatic heterocycles. The van der Waals surface area contributed by atoms with Gasteiger partial charge in [0.15, 0.2) is 0 Å². The summed E-state index contributed by atoms with van der Waals surface area (Å²) >= 11 is 0. The van der Waals surface area contributed by atoms with Crippen molar-refractivity contribution in [1.29, 1.82) is 0 Å². The van der Waals surface area contributed by atoms with Gasteiger partial charge >= 0.3 is 0 Å². The van der Waals surface area contributed by atoms with E-state index in [2.05, 4.69) is 15.5 Å². The average molecular weight is 465 g/mol. The molecule has 0 radical (unpaired) electrons. The van der Waals surface area contributed by atoms with E-state index in [1.54, 1.807) is 18.2 Å². The highest BCUT2D eigenvalue weighted by atomic mass is 19.1. The number of hydrogen-bond acceptors (Lipinski definition) is 4. The van der Waals surface area contributed by atoms with Crippen molar-refractivity contribution in [2.75, 3.05) is 44.7 Å². The lowest BCUT2D eigenvalue weighted by Crippen LogP contribution is -2.41. The highest BCUT2D eigenvalue weighted by molar-refractivity contribution is 6.01. The zero-order valence-corrected chi connectivity index (χ0v) is 19.1. The molecule has 34 heavy (non-hydrogen) atoms. The maximum Gasteiger partial charge on any atom is 0.267 e. The Morgan fingerprint density at radius 2 is 1.85 bits per heavy atom. The van der Waals surface area contributed by atoms with Gasteiger partial charge in [-0.15, -0.1) is 0 Å². The van der Waals surface area contributed by atoms with E-state index >= 15 is 0 Å². The largest absolute Gasteiger partial charge is 0.379 e. The molecular weight excluding hydrogens is 435 g/mol. The van der Waals surface area contributed by atoms with E-state index in [0.29, 0.717) is 36.7 Å².